The van der Waals surface area contributed by atoms with E-state index in [-0.39, 0.29) is 24.2 Å². The zero-order valence-electron chi connectivity index (χ0n) is 14.0. The molecule has 0 bridgehead atoms. The maximum Gasteiger partial charge on any atom is 0.246 e. The van der Waals surface area contributed by atoms with Crippen LogP contribution in [0.15, 0.2) is 54.6 Å². The van der Waals surface area contributed by atoms with Crippen LogP contribution in [-0.4, -0.2) is 37.4 Å². The van der Waals surface area contributed by atoms with Crippen molar-refractivity contribution in [2.24, 2.45) is 0 Å². The third-order valence-corrected chi connectivity index (χ3v) is 3.40. The van der Waals surface area contributed by atoms with Crippen LogP contribution in [0.4, 0.5) is 10.1 Å². The van der Waals surface area contributed by atoms with E-state index in [0.29, 0.717) is 11.4 Å². The fourth-order valence-corrected chi connectivity index (χ4v) is 2.07. The lowest BCUT2D eigenvalue weighted by Crippen LogP contribution is -2.33. The van der Waals surface area contributed by atoms with Crippen molar-refractivity contribution in [1.82, 2.24) is 4.90 Å². The van der Waals surface area contributed by atoms with Gasteiger partial charge in [-0.25, -0.2) is 4.39 Å². The Labute approximate surface area is 145 Å². The summed E-state index contributed by atoms with van der Waals surface area (Å²) < 4.78 is 18.0. The van der Waals surface area contributed by atoms with Gasteiger partial charge >= 0.3 is 0 Å². The Bertz CT molecular complexity index is 772. The molecule has 0 unspecified atom stereocenters. The number of anilines is 1. The first-order valence-electron chi connectivity index (χ1n) is 7.60. The zero-order chi connectivity index (χ0) is 18.2. The lowest BCUT2D eigenvalue weighted by atomic mass is 10.2. The maximum absolute atomic E-state index is 12.8. The number of methoxy groups -OCH3 is 1. The van der Waals surface area contributed by atoms with Crippen molar-refractivity contribution in [2.75, 3.05) is 26.0 Å². The highest BCUT2D eigenvalue weighted by Gasteiger charge is 2.10. The van der Waals surface area contributed by atoms with E-state index in [0.717, 1.165) is 5.56 Å². The summed E-state index contributed by atoms with van der Waals surface area (Å²) in [6.07, 6.45) is 3.04. The second-order valence-electron chi connectivity index (χ2n) is 5.36. The Morgan fingerprint density at radius 2 is 1.92 bits per heavy atom. The van der Waals surface area contributed by atoms with Gasteiger partial charge in [-0.2, -0.15) is 0 Å². The van der Waals surface area contributed by atoms with E-state index in [2.05, 4.69) is 5.32 Å². The molecule has 0 aliphatic rings. The molecule has 2 aromatic rings. The average molecular weight is 342 g/mol. The number of amides is 2. The number of benzene rings is 2. The number of nitrogens with one attached hydrogen (secondary N) is 1. The monoisotopic (exact) mass is 342 g/mol. The number of carbonyl (C=O) groups is 2. The summed E-state index contributed by atoms with van der Waals surface area (Å²) in [5, 5.41) is 2.60. The van der Waals surface area contributed by atoms with Crippen LogP contribution in [0.5, 0.6) is 5.75 Å². The van der Waals surface area contributed by atoms with Gasteiger partial charge in [-0.05, 0) is 48.0 Å². The molecule has 0 aliphatic carbocycles. The molecule has 0 heterocycles. The summed E-state index contributed by atoms with van der Waals surface area (Å²) in [5.41, 5.74) is 1.29. The average Bonchev–Trinajstić information content (AvgIpc) is 2.61. The van der Waals surface area contributed by atoms with E-state index in [1.807, 2.05) is 18.2 Å². The van der Waals surface area contributed by atoms with Crippen LogP contribution >= 0.6 is 0 Å². The number of halogens is 1. The van der Waals surface area contributed by atoms with Gasteiger partial charge in [-0.3, -0.25) is 9.59 Å². The highest BCUT2D eigenvalue weighted by molar-refractivity contribution is 5.97. The van der Waals surface area contributed by atoms with Crippen molar-refractivity contribution in [2.45, 2.75) is 0 Å². The van der Waals surface area contributed by atoms with Gasteiger partial charge in [0.1, 0.15) is 11.6 Å². The molecule has 6 heteroatoms. The van der Waals surface area contributed by atoms with Crippen LogP contribution in [0.3, 0.4) is 0 Å². The lowest BCUT2D eigenvalue weighted by Gasteiger charge is -2.14. The predicted molar refractivity (Wildman–Crippen MR) is 94.7 cm³/mol. The Balaban J connectivity index is 1.89. The number of rotatable bonds is 6. The lowest BCUT2D eigenvalue weighted by molar-refractivity contribution is -0.129. The van der Waals surface area contributed by atoms with E-state index in [1.165, 1.54) is 42.3 Å². The first kappa shape index (κ1) is 18.2. The van der Waals surface area contributed by atoms with Crippen LogP contribution in [0.1, 0.15) is 5.56 Å². The van der Waals surface area contributed by atoms with E-state index in [9.17, 15) is 14.0 Å². The minimum absolute atomic E-state index is 0.112. The molecular weight excluding hydrogens is 323 g/mol. The van der Waals surface area contributed by atoms with E-state index < -0.39 is 0 Å². The fourth-order valence-electron chi connectivity index (χ4n) is 2.07. The van der Waals surface area contributed by atoms with E-state index in [4.69, 9.17) is 4.74 Å². The van der Waals surface area contributed by atoms with Crippen molar-refractivity contribution in [3.63, 3.8) is 0 Å². The van der Waals surface area contributed by atoms with Gasteiger partial charge in [-0.1, -0.05) is 12.1 Å². The zero-order valence-corrected chi connectivity index (χ0v) is 14.0. The van der Waals surface area contributed by atoms with Gasteiger partial charge in [0.25, 0.3) is 0 Å². The van der Waals surface area contributed by atoms with Gasteiger partial charge in [0.15, 0.2) is 0 Å². The maximum atomic E-state index is 12.8. The summed E-state index contributed by atoms with van der Waals surface area (Å²) >= 11 is 0. The molecule has 0 aliphatic heterocycles. The molecule has 5 nitrogen and oxygen atoms in total. The third-order valence-electron chi connectivity index (χ3n) is 3.40. The Morgan fingerprint density at radius 1 is 1.20 bits per heavy atom. The van der Waals surface area contributed by atoms with Gasteiger partial charge in [0.2, 0.25) is 11.8 Å². The van der Waals surface area contributed by atoms with Gasteiger partial charge in [-0.15, -0.1) is 0 Å². The molecule has 0 saturated heterocycles. The van der Waals surface area contributed by atoms with Crippen LogP contribution in [0.25, 0.3) is 6.08 Å². The quantitative estimate of drug-likeness (QED) is 0.821. The number of likely N-dealkylation sites (N-methyl/N-ethyl adjacent to an activating group) is 1. The number of nitrogens with zero attached hydrogens (tertiary/aromatic N) is 1. The highest BCUT2D eigenvalue weighted by atomic mass is 19.1. The molecule has 2 rings (SSSR count). The predicted octanol–water partition coefficient (Wildman–Crippen LogP) is 2.94. The molecule has 0 fully saturated rings. The first-order valence-corrected chi connectivity index (χ1v) is 7.60. The smallest absolute Gasteiger partial charge is 0.246 e. The summed E-state index contributed by atoms with van der Waals surface area (Å²) in [5.74, 6) is -0.357. The molecule has 0 spiro atoms. The summed E-state index contributed by atoms with van der Waals surface area (Å²) in [4.78, 5) is 25.3. The minimum atomic E-state index is -0.382. The molecule has 0 saturated carbocycles. The Morgan fingerprint density at radius 3 is 2.60 bits per heavy atom. The first-order chi connectivity index (χ1) is 12.0. The Kier molecular flexibility index (Phi) is 6.28. The molecule has 25 heavy (non-hydrogen) atoms. The summed E-state index contributed by atoms with van der Waals surface area (Å²) in [7, 11) is 3.10. The number of carbonyl (C=O) groups excluding carboxylic acids is 2. The largest absolute Gasteiger partial charge is 0.497 e. The van der Waals surface area contributed by atoms with Crippen LogP contribution in [-0.2, 0) is 9.59 Å². The van der Waals surface area contributed by atoms with Crippen molar-refractivity contribution < 1.29 is 18.7 Å². The van der Waals surface area contributed by atoms with E-state index >= 15 is 0 Å². The molecule has 2 aromatic carbocycles. The van der Waals surface area contributed by atoms with Gasteiger partial charge < -0.3 is 15.0 Å². The fraction of sp³-hybridized carbons (Fsp3) is 0.158. The third kappa shape index (κ3) is 5.76. The van der Waals surface area contributed by atoms with Crippen LogP contribution < -0.4 is 10.1 Å². The topological polar surface area (TPSA) is 58.6 Å². The molecule has 1 N–H and O–H groups in total. The molecule has 0 radical (unpaired) electrons. The van der Waals surface area contributed by atoms with Crippen LogP contribution in [0.2, 0.25) is 0 Å². The van der Waals surface area contributed by atoms with Crippen molar-refractivity contribution in [3.05, 3.63) is 66.0 Å². The van der Waals surface area contributed by atoms with Gasteiger partial charge in [0, 0.05) is 18.8 Å². The number of hydrogen-bond acceptors (Lipinski definition) is 3. The standard InChI is InChI=1S/C19H19FN2O3/c1-22(13-18(23)21-16-9-7-15(20)8-10-16)19(24)11-6-14-4-3-5-17(12-14)25-2/h3-12H,13H2,1-2H3,(H,21,23)/b11-6+. The second kappa shape index (κ2) is 8.63. The normalized spacial score (nSPS) is 10.5. The Hall–Kier alpha value is -3.15. The molecule has 0 aromatic heterocycles. The summed E-state index contributed by atoms with van der Waals surface area (Å²) in [6, 6.07) is 12.7. The van der Waals surface area contributed by atoms with Crippen LogP contribution in [0, 0.1) is 5.82 Å². The molecule has 130 valence electrons. The molecule has 0 atom stereocenters. The molecular formula is C19H19FN2O3. The minimum Gasteiger partial charge on any atom is -0.497 e. The van der Waals surface area contributed by atoms with Crippen molar-refractivity contribution >= 4 is 23.6 Å². The van der Waals surface area contributed by atoms with E-state index in [1.54, 1.807) is 19.3 Å². The second-order valence-corrected chi connectivity index (χ2v) is 5.36. The van der Waals surface area contributed by atoms with Crippen molar-refractivity contribution in [3.8, 4) is 5.75 Å². The van der Waals surface area contributed by atoms with Crippen molar-refractivity contribution in [1.29, 1.82) is 0 Å². The SMILES string of the molecule is COc1cccc(/C=C/C(=O)N(C)CC(=O)Nc2ccc(F)cc2)c1. The number of ether oxygens (including phenoxy) is 1. The molecule has 2 amide bonds. The summed E-state index contributed by atoms with van der Waals surface area (Å²) in [6.45, 7) is -0.112. The number of hydrogen-bond donors (Lipinski definition) is 1. The highest BCUT2D eigenvalue weighted by Crippen LogP contribution is 2.13. The van der Waals surface area contributed by atoms with Gasteiger partial charge in [0.05, 0.1) is 13.7 Å².